The molecule has 102 valence electrons. The van der Waals surface area contributed by atoms with Gasteiger partial charge in [0.15, 0.2) is 5.69 Å². The number of carboxylic acid groups (broad SMARTS) is 1. The van der Waals surface area contributed by atoms with Gasteiger partial charge < -0.3 is 15.1 Å². The molecule has 0 atom stereocenters. The molecule has 0 saturated carbocycles. The maximum Gasteiger partial charge on any atom is 0.358 e. The molecule has 18 heavy (non-hydrogen) atoms. The Morgan fingerprint density at radius 2 is 2.17 bits per heavy atom. The maximum absolute atomic E-state index is 10.6. The molecule has 0 aliphatic carbocycles. The van der Waals surface area contributed by atoms with Crippen LogP contribution in [-0.4, -0.2) is 62.8 Å². The maximum atomic E-state index is 10.6. The number of likely N-dealkylation sites (N-methyl/N-ethyl adjacent to an activating group) is 1. The zero-order chi connectivity index (χ0) is 13.4. The van der Waals surface area contributed by atoms with Gasteiger partial charge in [-0.3, -0.25) is 4.68 Å². The lowest BCUT2D eigenvalue weighted by Crippen LogP contribution is -2.24. The molecule has 0 aliphatic rings. The number of hydrogen-bond acceptors (Lipinski definition) is 5. The van der Waals surface area contributed by atoms with Crippen molar-refractivity contribution in [1.29, 1.82) is 0 Å². The van der Waals surface area contributed by atoms with Gasteiger partial charge in [-0.05, 0) is 32.9 Å². The molecule has 0 fully saturated rings. The van der Waals surface area contributed by atoms with Crippen molar-refractivity contribution >= 4 is 5.97 Å². The molecule has 0 saturated heterocycles. The van der Waals surface area contributed by atoms with Crippen molar-refractivity contribution in [3.8, 4) is 0 Å². The fourth-order valence-electron chi connectivity index (χ4n) is 1.56. The van der Waals surface area contributed by atoms with Gasteiger partial charge in [0.25, 0.3) is 0 Å². The zero-order valence-electron chi connectivity index (χ0n) is 10.6. The summed E-state index contributed by atoms with van der Waals surface area (Å²) >= 11 is 0. The van der Waals surface area contributed by atoms with Crippen LogP contribution in [0.3, 0.4) is 0 Å². The Balaban J connectivity index is 2.20. The summed E-state index contributed by atoms with van der Waals surface area (Å²) in [6.45, 7) is 2.62. The number of aromatic nitrogens is 3. The van der Waals surface area contributed by atoms with Gasteiger partial charge in [-0.2, -0.15) is 0 Å². The quantitative estimate of drug-likeness (QED) is 0.608. The van der Waals surface area contributed by atoms with Crippen LogP contribution in [0.2, 0.25) is 0 Å². The third-order valence-corrected chi connectivity index (χ3v) is 2.67. The second kappa shape index (κ2) is 7.78. The molecule has 0 aliphatic heterocycles. The molecule has 1 heterocycles. The van der Waals surface area contributed by atoms with Crippen molar-refractivity contribution < 1.29 is 15.0 Å². The lowest BCUT2D eigenvalue weighted by Gasteiger charge is -2.15. The van der Waals surface area contributed by atoms with Crippen LogP contribution in [0.4, 0.5) is 0 Å². The minimum Gasteiger partial charge on any atom is -0.476 e. The van der Waals surface area contributed by atoms with E-state index in [1.165, 1.54) is 10.9 Å². The first-order valence-corrected chi connectivity index (χ1v) is 6.06. The van der Waals surface area contributed by atoms with Gasteiger partial charge in [-0.1, -0.05) is 5.21 Å². The van der Waals surface area contributed by atoms with E-state index in [2.05, 4.69) is 15.2 Å². The summed E-state index contributed by atoms with van der Waals surface area (Å²) < 4.78 is 1.54. The SMILES string of the molecule is CN(CCCCCO)CCn1cc(C(=O)O)nn1. The van der Waals surface area contributed by atoms with E-state index in [-0.39, 0.29) is 12.3 Å². The van der Waals surface area contributed by atoms with Crippen LogP contribution in [0.25, 0.3) is 0 Å². The van der Waals surface area contributed by atoms with Crippen LogP contribution in [0, 0.1) is 0 Å². The van der Waals surface area contributed by atoms with Crippen molar-refractivity contribution in [3.05, 3.63) is 11.9 Å². The van der Waals surface area contributed by atoms with E-state index in [0.717, 1.165) is 32.4 Å². The van der Waals surface area contributed by atoms with Crippen LogP contribution in [0.15, 0.2) is 6.20 Å². The van der Waals surface area contributed by atoms with Gasteiger partial charge in [0.05, 0.1) is 12.7 Å². The van der Waals surface area contributed by atoms with E-state index < -0.39 is 5.97 Å². The lowest BCUT2D eigenvalue weighted by molar-refractivity contribution is 0.0690. The predicted molar refractivity (Wildman–Crippen MR) is 65.4 cm³/mol. The Kier molecular flexibility index (Phi) is 6.31. The molecule has 1 aromatic heterocycles. The second-order valence-corrected chi connectivity index (χ2v) is 4.26. The van der Waals surface area contributed by atoms with Crippen molar-refractivity contribution in [3.63, 3.8) is 0 Å². The fourth-order valence-corrected chi connectivity index (χ4v) is 1.56. The standard InChI is InChI=1S/C11H20N4O3/c1-14(5-3-2-4-8-16)6-7-15-9-10(11(17)18)12-13-15/h9,16H,2-8H2,1H3,(H,17,18). The van der Waals surface area contributed by atoms with E-state index in [1.807, 2.05) is 7.05 Å². The van der Waals surface area contributed by atoms with Crippen molar-refractivity contribution in [2.24, 2.45) is 0 Å². The highest BCUT2D eigenvalue weighted by molar-refractivity contribution is 5.84. The average Bonchev–Trinajstić information content (AvgIpc) is 2.81. The smallest absolute Gasteiger partial charge is 0.358 e. The van der Waals surface area contributed by atoms with E-state index in [9.17, 15) is 4.79 Å². The average molecular weight is 256 g/mol. The van der Waals surface area contributed by atoms with E-state index in [0.29, 0.717) is 6.54 Å². The molecular formula is C11H20N4O3. The predicted octanol–water partition coefficient (Wildman–Crippen LogP) is 0.0707. The van der Waals surface area contributed by atoms with Gasteiger partial charge in [0, 0.05) is 13.2 Å². The van der Waals surface area contributed by atoms with Gasteiger partial charge in [0.1, 0.15) is 0 Å². The normalized spacial score (nSPS) is 11.1. The van der Waals surface area contributed by atoms with Crippen LogP contribution in [0.5, 0.6) is 0 Å². The largest absolute Gasteiger partial charge is 0.476 e. The van der Waals surface area contributed by atoms with Gasteiger partial charge >= 0.3 is 5.97 Å². The molecule has 0 spiro atoms. The van der Waals surface area contributed by atoms with Crippen LogP contribution in [0.1, 0.15) is 29.8 Å². The van der Waals surface area contributed by atoms with Gasteiger partial charge in [-0.25, -0.2) is 4.79 Å². The van der Waals surface area contributed by atoms with Gasteiger partial charge in [0.2, 0.25) is 0 Å². The molecule has 0 aromatic carbocycles. The minimum atomic E-state index is -1.06. The summed E-state index contributed by atoms with van der Waals surface area (Å²) in [5.74, 6) is -1.06. The third-order valence-electron chi connectivity index (χ3n) is 2.67. The zero-order valence-corrected chi connectivity index (χ0v) is 10.6. The first kappa shape index (κ1) is 14.6. The van der Waals surface area contributed by atoms with Crippen molar-refractivity contribution in [2.75, 3.05) is 26.7 Å². The summed E-state index contributed by atoms with van der Waals surface area (Å²) in [5, 5.41) is 24.6. The Bertz CT molecular complexity index is 367. The molecule has 7 heteroatoms. The number of aromatic carboxylic acids is 1. The Morgan fingerprint density at radius 3 is 2.78 bits per heavy atom. The number of rotatable bonds is 9. The van der Waals surface area contributed by atoms with Gasteiger partial charge in [-0.15, -0.1) is 5.10 Å². The molecule has 1 aromatic rings. The molecule has 2 N–H and O–H groups in total. The molecule has 1 rings (SSSR count). The summed E-state index contributed by atoms with van der Waals surface area (Å²) in [5.41, 5.74) is -0.0272. The Labute approximate surface area is 106 Å². The number of carbonyl (C=O) groups is 1. The Morgan fingerprint density at radius 1 is 1.39 bits per heavy atom. The molecule has 0 amide bonds. The van der Waals surface area contributed by atoms with Crippen LogP contribution >= 0.6 is 0 Å². The van der Waals surface area contributed by atoms with Crippen LogP contribution in [-0.2, 0) is 6.54 Å². The first-order valence-electron chi connectivity index (χ1n) is 6.06. The topological polar surface area (TPSA) is 91.5 Å². The molecule has 0 bridgehead atoms. The lowest BCUT2D eigenvalue weighted by atomic mass is 10.2. The number of nitrogens with zero attached hydrogens (tertiary/aromatic N) is 4. The highest BCUT2D eigenvalue weighted by Gasteiger charge is 2.08. The highest BCUT2D eigenvalue weighted by Crippen LogP contribution is 1.98. The van der Waals surface area contributed by atoms with Crippen molar-refractivity contribution in [1.82, 2.24) is 19.9 Å². The minimum absolute atomic E-state index is 0.0272. The highest BCUT2D eigenvalue weighted by atomic mass is 16.4. The monoisotopic (exact) mass is 256 g/mol. The molecular weight excluding hydrogens is 236 g/mol. The third kappa shape index (κ3) is 5.24. The number of hydrogen-bond donors (Lipinski definition) is 2. The summed E-state index contributed by atoms with van der Waals surface area (Å²) in [6, 6.07) is 0. The number of aliphatic hydroxyl groups excluding tert-OH is 1. The molecule has 7 nitrogen and oxygen atoms in total. The number of aliphatic hydroxyl groups is 1. The number of unbranched alkanes of at least 4 members (excludes halogenated alkanes) is 2. The summed E-state index contributed by atoms with van der Waals surface area (Å²) in [4.78, 5) is 12.8. The van der Waals surface area contributed by atoms with Crippen LogP contribution < -0.4 is 0 Å². The second-order valence-electron chi connectivity index (χ2n) is 4.26. The van der Waals surface area contributed by atoms with E-state index in [1.54, 1.807) is 0 Å². The van der Waals surface area contributed by atoms with E-state index in [4.69, 9.17) is 10.2 Å². The summed E-state index contributed by atoms with van der Waals surface area (Å²) in [7, 11) is 2.01. The fraction of sp³-hybridized carbons (Fsp3) is 0.727. The van der Waals surface area contributed by atoms with Crippen molar-refractivity contribution in [2.45, 2.75) is 25.8 Å². The summed E-state index contributed by atoms with van der Waals surface area (Å²) in [6.07, 6.45) is 4.35. The van der Waals surface area contributed by atoms with E-state index >= 15 is 0 Å². The molecule has 0 radical (unpaired) electrons. The number of carboxylic acids is 1. The molecule has 0 unspecified atom stereocenters. The Hall–Kier alpha value is -1.47. The first-order chi connectivity index (χ1) is 8.63.